The SMILES string of the molecule is CCC(C)c1ccc(CCN(C)C(=O)CCl)cc1. The molecule has 0 heterocycles. The van der Waals surface area contributed by atoms with Crippen molar-refractivity contribution in [3.8, 4) is 0 Å². The number of amides is 1. The third-order valence-corrected chi connectivity index (χ3v) is 3.67. The van der Waals surface area contributed by atoms with Crippen molar-refractivity contribution >= 4 is 17.5 Å². The van der Waals surface area contributed by atoms with Crippen LogP contribution >= 0.6 is 11.6 Å². The van der Waals surface area contributed by atoms with Gasteiger partial charge in [-0.2, -0.15) is 0 Å². The molecular formula is C15H22ClNO. The van der Waals surface area contributed by atoms with Crippen LogP contribution in [0.5, 0.6) is 0 Å². The van der Waals surface area contributed by atoms with Gasteiger partial charge in [0.2, 0.25) is 5.91 Å². The Balaban J connectivity index is 2.51. The average molecular weight is 268 g/mol. The number of carbonyl (C=O) groups is 1. The molecule has 1 atom stereocenters. The molecule has 0 N–H and O–H groups in total. The van der Waals surface area contributed by atoms with E-state index in [0.717, 1.165) is 12.8 Å². The van der Waals surface area contributed by atoms with Crippen molar-refractivity contribution in [2.45, 2.75) is 32.6 Å². The van der Waals surface area contributed by atoms with Crippen LogP contribution < -0.4 is 0 Å². The molecule has 0 aliphatic rings. The summed E-state index contributed by atoms with van der Waals surface area (Å²) in [7, 11) is 1.79. The zero-order valence-corrected chi connectivity index (χ0v) is 12.2. The van der Waals surface area contributed by atoms with E-state index in [1.807, 2.05) is 0 Å². The molecular weight excluding hydrogens is 246 g/mol. The minimum absolute atomic E-state index is 0.0205. The number of benzene rings is 1. The lowest BCUT2D eigenvalue weighted by atomic mass is 9.97. The van der Waals surface area contributed by atoms with Gasteiger partial charge >= 0.3 is 0 Å². The molecule has 0 aliphatic heterocycles. The summed E-state index contributed by atoms with van der Waals surface area (Å²) in [5.74, 6) is 0.649. The Morgan fingerprint density at radius 1 is 1.33 bits per heavy atom. The molecule has 1 aromatic carbocycles. The van der Waals surface area contributed by atoms with Gasteiger partial charge in [0.25, 0.3) is 0 Å². The van der Waals surface area contributed by atoms with Gasteiger partial charge in [0.15, 0.2) is 0 Å². The molecule has 0 spiro atoms. The lowest BCUT2D eigenvalue weighted by Crippen LogP contribution is -2.29. The maximum Gasteiger partial charge on any atom is 0.237 e. The van der Waals surface area contributed by atoms with Crippen molar-refractivity contribution in [2.24, 2.45) is 0 Å². The molecule has 0 aromatic heterocycles. The summed E-state index contributed by atoms with van der Waals surface area (Å²) >= 11 is 5.51. The van der Waals surface area contributed by atoms with Gasteiger partial charge in [-0.05, 0) is 29.9 Å². The molecule has 0 saturated heterocycles. The summed E-state index contributed by atoms with van der Waals surface area (Å²) in [6.07, 6.45) is 2.03. The number of rotatable bonds is 6. The summed E-state index contributed by atoms with van der Waals surface area (Å²) in [5, 5.41) is 0. The Labute approximate surface area is 115 Å². The number of alkyl halides is 1. The first-order valence-corrected chi connectivity index (χ1v) is 7.00. The van der Waals surface area contributed by atoms with Crippen LogP contribution in [0.4, 0.5) is 0 Å². The molecule has 3 heteroatoms. The van der Waals surface area contributed by atoms with Crippen molar-refractivity contribution in [2.75, 3.05) is 19.5 Å². The normalized spacial score (nSPS) is 12.2. The molecule has 0 saturated carbocycles. The number of hydrogen-bond acceptors (Lipinski definition) is 1. The largest absolute Gasteiger partial charge is 0.344 e. The third kappa shape index (κ3) is 4.34. The topological polar surface area (TPSA) is 20.3 Å². The number of nitrogens with zero attached hydrogens (tertiary/aromatic N) is 1. The van der Waals surface area contributed by atoms with E-state index < -0.39 is 0 Å². The van der Waals surface area contributed by atoms with E-state index in [4.69, 9.17) is 11.6 Å². The second-order valence-corrected chi connectivity index (χ2v) is 5.02. The van der Waals surface area contributed by atoms with Crippen molar-refractivity contribution in [1.29, 1.82) is 0 Å². The number of hydrogen-bond donors (Lipinski definition) is 0. The minimum Gasteiger partial charge on any atom is -0.344 e. The van der Waals surface area contributed by atoms with Crippen LogP contribution in [-0.2, 0) is 11.2 Å². The first kappa shape index (κ1) is 15.0. The Bertz CT molecular complexity index is 375. The van der Waals surface area contributed by atoms with Gasteiger partial charge in [0, 0.05) is 13.6 Å². The van der Waals surface area contributed by atoms with E-state index in [0.29, 0.717) is 12.5 Å². The van der Waals surface area contributed by atoms with Gasteiger partial charge in [0.1, 0.15) is 5.88 Å². The summed E-state index contributed by atoms with van der Waals surface area (Å²) in [6, 6.07) is 8.68. The Hall–Kier alpha value is -1.02. The van der Waals surface area contributed by atoms with Gasteiger partial charge < -0.3 is 4.90 Å². The van der Waals surface area contributed by atoms with Crippen molar-refractivity contribution in [3.63, 3.8) is 0 Å². The predicted octanol–water partition coefficient (Wildman–Crippen LogP) is 3.44. The molecule has 1 amide bonds. The van der Waals surface area contributed by atoms with Crippen molar-refractivity contribution < 1.29 is 4.79 Å². The van der Waals surface area contributed by atoms with Crippen LogP contribution in [0.1, 0.15) is 37.3 Å². The van der Waals surface area contributed by atoms with Crippen LogP contribution in [0.2, 0.25) is 0 Å². The zero-order valence-electron chi connectivity index (χ0n) is 11.4. The molecule has 0 radical (unpaired) electrons. The lowest BCUT2D eigenvalue weighted by molar-refractivity contribution is -0.127. The fraction of sp³-hybridized carbons (Fsp3) is 0.533. The molecule has 1 unspecified atom stereocenters. The quantitative estimate of drug-likeness (QED) is 0.723. The molecule has 0 fully saturated rings. The monoisotopic (exact) mass is 267 g/mol. The maximum atomic E-state index is 11.3. The molecule has 18 heavy (non-hydrogen) atoms. The van der Waals surface area contributed by atoms with Crippen LogP contribution in [0.25, 0.3) is 0 Å². The average Bonchev–Trinajstić information content (AvgIpc) is 2.43. The predicted molar refractivity (Wildman–Crippen MR) is 77.2 cm³/mol. The highest BCUT2D eigenvalue weighted by molar-refractivity contribution is 6.27. The summed E-state index contributed by atoms with van der Waals surface area (Å²) in [6.45, 7) is 5.15. The minimum atomic E-state index is -0.0205. The van der Waals surface area contributed by atoms with E-state index in [1.165, 1.54) is 11.1 Å². The van der Waals surface area contributed by atoms with E-state index in [-0.39, 0.29) is 11.8 Å². The third-order valence-electron chi connectivity index (χ3n) is 3.44. The Morgan fingerprint density at radius 2 is 1.94 bits per heavy atom. The van der Waals surface area contributed by atoms with Gasteiger partial charge in [-0.1, -0.05) is 38.1 Å². The van der Waals surface area contributed by atoms with Crippen molar-refractivity contribution in [3.05, 3.63) is 35.4 Å². The molecule has 0 bridgehead atoms. The summed E-state index contributed by atoms with van der Waals surface area (Å²) in [5.41, 5.74) is 2.64. The zero-order chi connectivity index (χ0) is 13.5. The highest BCUT2D eigenvalue weighted by Gasteiger charge is 2.07. The van der Waals surface area contributed by atoms with E-state index in [1.54, 1.807) is 11.9 Å². The Kier molecular flexibility index (Phi) is 6.20. The second kappa shape index (κ2) is 7.42. The van der Waals surface area contributed by atoms with Gasteiger partial charge in [-0.3, -0.25) is 4.79 Å². The van der Waals surface area contributed by atoms with Gasteiger partial charge in [-0.25, -0.2) is 0 Å². The second-order valence-electron chi connectivity index (χ2n) is 4.75. The fourth-order valence-corrected chi connectivity index (χ4v) is 1.98. The molecule has 1 aromatic rings. The van der Waals surface area contributed by atoms with Crippen LogP contribution in [0.15, 0.2) is 24.3 Å². The number of carbonyl (C=O) groups excluding carboxylic acids is 1. The van der Waals surface area contributed by atoms with E-state index in [2.05, 4.69) is 38.1 Å². The number of halogens is 1. The van der Waals surface area contributed by atoms with Gasteiger partial charge in [-0.15, -0.1) is 11.6 Å². The molecule has 1 rings (SSSR count). The summed E-state index contributed by atoms with van der Waals surface area (Å²) < 4.78 is 0. The van der Waals surface area contributed by atoms with E-state index in [9.17, 15) is 4.79 Å². The van der Waals surface area contributed by atoms with E-state index >= 15 is 0 Å². The first-order chi connectivity index (χ1) is 8.58. The van der Waals surface area contributed by atoms with Gasteiger partial charge in [0.05, 0.1) is 0 Å². The highest BCUT2D eigenvalue weighted by Crippen LogP contribution is 2.18. The first-order valence-electron chi connectivity index (χ1n) is 6.47. The molecule has 2 nitrogen and oxygen atoms in total. The Morgan fingerprint density at radius 3 is 2.44 bits per heavy atom. The van der Waals surface area contributed by atoms with Crippen LogP contribution in [0.3, 0.4) is 0 Å². The standard InChI is InChI=1S/C15H22ClNO/c1-4-12(2)14-7-5-13(6-8-14)9-10-17(3)15(18)11-16/h5-8,12H,4,9-11H2,1-3H3. The molecule has 100 valence electrons. The summed E-state index contributed by atoms with van der Waals surface area (Å²) in [4.78, 5) is 13.0. The lowest BCUT2D eigenvalue weighted by Gasteiger charge is -2.16. The fourth-order valence-electron chi connectivity index (χ4n) is 1.77. The molecule has 0 aliphatic carbocycles. The van der Waals surface area contributed by atoms with Crippen molar-refractivity contribution in [1.82, 2.24) is 4.90 Å². The van der Waals surface area contributed by atoms with Crippen LogP contribution in [-0.4, -0.2) is 30.3 Å². The smallest absolute Gasteiger partial charge is 0.237 e. The van der Waals surface area contributed by atoms with Crippen LogP contribution in [0, 0.1) is 0 Å². The maximum absolute atomic E-state index is 11.3. The highest BCUT2D eigenvalue weighted by atomic mass is 35.5. The number of likely N-dealkylation sites (N-methyl/N-ethyl adjacent to an activating group) is 1.